The Morgan fingerprint density at radius 2 is 1.33 bits per heavy atom. The van der Waals surface area contributed by atoms with Gasteiger partial charge in [0.25, 0.3) is 0 Å². The van der Waals surface area contributed by atoms with Crippen molar-refractivity contribution in [1.82, 2.24) is 0 Å². The van der Waals surface area contributed by atoms with Gasteiger partial charge >= 0.3 is 6.18 Å². The van der Waals surface area contributed by atoms with Gasteiger partial charge in [-0.3, -0.25) is 0 Å². The molecule has 0 heterocycles. The molecule has 0 aliphatic rings. The second-order valence-electron chi connectivity index (χ2n) is 7.70. The van der Waals surface area contributed by atoms with Gasteiger partial charge in [0, 0.05) is 5.56 Å². The minimum absolute atomic E-state index is 0.167. The second-order valence-corrected chi connectivity index (χ2v) is 7.70. The summed E-state index contributed by atoms with van der Waals surface area (Å²) in [4.78, 5) is 0. The first-order valence-corrected chi connectivity index (χ1v) is 10.4. The average molecular weight is 466 g/mol. The van der Waals surface area contributed by atoms with Crippen LogP contribution in [0.5, 0.6) is 0 Å². The normalized spacial score (nSPS) is 12.3. The summed E-state index contributed by atoms with van der Waals surface area (Å²) in [7, 11) is 0. The summed E-state index contributed by atoms with van der Waals surface area (Å²) in [6.45, 7) is 2.13. The maximum absolute atomic E-state index is 14.8. The van der Waals surface area contributed by atoms with Crippen LogP contribution < -0.4 is 0 Å². The van der Waals surface area contributed by atoms with Gasteiger partial charge in [-0.05, 0) is 53.3 Å². The molecule has 7 heteroatoms. The lowest BCUT2D eigenvalue weighted by Gasteiger charge is -2.10. The van der Waals surface area contributed by atoms with E-state index >= 15 is 0 Å². The molecule has 0 aliphatic heterocycles. The SMILES string of the molecule is CCCCCc1ccc(-c2ccc(-c3cc(F)c(/C(F)=C/C(F)(F)F)c(F)c3)c(F)c2)cc1. The van der Waals surface area contributed by atoms with Gasteiger partial charge in [-0.25, -0.2) is 17.6 Å². The van der Waals surface area contributed by atoms with Crippen LogP contribution in [0.25, 0.3) is 28.1 Å². The zero-order valence-electron chi connectivity index (χ0n) is 17.7. The molecule has 0 fully saturated rings. The highest BCUT2D eigenvalue weighted by Crippen LogP contribution is 2.34. The van der Waals surface area contributed by atoms with Gasteiger partial charge in [0.2, 0.25) is 0 Å². The van der Waals surface area contributed by atoms with Crippen LogP contribution in [-0.2, 0) is 6.42 Å². The number of allylic oxidation sites excluding steroid dienone is 1. The highest BCUT2D eigenvalue weighted by molar-refractivity contribution is 5.73. The van der Waals surface area contributed by atoms with Gasteiger partial charge in [-0.2, -0.15) is 13.2 Å². The molecule has 3 aromatic carbocycles. The molecule has 0 nitrogen and oxygen atoms in total. The predicted molar refractivity (Wildman–Crippen MR) is 116 cm³/mol. The summed E-state index contributed by atoms with van der Waals surface area (Å²) in [6.07, 6.45) is -1.62. The molecule has 33 heavy (non-hydrogen) atoms. The summed E-state index contributed by atoms with van der Waals surface area (Å²) < 4.78 is 93.9. The number of unbranched alkanes of at least 4 members (excludes halogenated alkanes) is 2. The van der Waals surface area contributed by atoms with E-state index in [1.165, 1.54) is 17.7 Å². The molecule has 0 unspecified atom stereocenters. The van der Waals surface area contributed by atoms with Gasteiger partial charge in [-0.15, -0.1) is 0 Å². The number of halogens is 7. The third-order valence-electron chi connectivity index (χ3n) is 5.21. The molecule has 0 radical (unpaired) electrons. The first-order chi connectivity index (χ1) is 15.6. The molecule has 0 spiro atoms. The first kappa shape index (κ1) is 24.6. The lowest BCUT2D eigenvalue weighted by Crippen LogP contribution is -2.04. The van der Waals surface area contributed by atoms with Crippen LogP contribution in [0.3, 0.4) is 0 Å². The number of benzene rings is 3. The highest BCUT2D eigenvalue weighted by Gasteiger charge is 2.28. The van der Waals surface area contributed by atoms with Crippen LogP contribution >= 0.6 is 0 Å². The fourth-order valence-electron chi connectivity index (χ4n) is 3.54. The Kier molecular flexibility index (Phi) is 7.61. The van der Waals surface area contributed by atoms with E-state index in [1.54, 1.807) is 6.07 Å². The molecule has 0 aliphatic carbocycles. The molecule has 0 saturated heterocycles. The molecule has 0 amide bonds. The molecule has 174 valence electrons. The number of alkyl halides is 3. The third kappa shape index (κ3) is 6.24. The Bertz CT molecular complexity index is 1120. The van der Waals surface area contributed by atoms with E-state index in [4.69, 9.17) is 0 Å². The van der Waals surface area contributed by atoms with Crippen molar-refractivity contribution < 1.29 is 30.7 Å². The summed E-state index contributed by atoms with van der Waals surface area (Å²) >= 11 is 0. The van der Waals surface area contributed by atoms with E-state index < -0.39 is 41.1 Å². The van der Waals surface area contributed by atoms with Crippen molar-refractivity contribution >= 4 is 5.83 Å². The number of hydrogen-bond donors (Lipinski definition) is 0. The van der Waals surface area contributed by atoms with Crippen molar-refractivity contribution in [3.63, 3.8) is 0 Å². The largest absolute Gasteiger partial charge is 0.412 e. The van der Waals surface area contributed by atoms with Gasteiger partial charge in [-0.1, -0.05) is 56.2 Å². The van der Waals surface area contributed by atoms with Gasteiger partial charge in [0.05, 0.1) is 11.6 Å². The van der Waals surface area contributed by atoms with Crippen LogP contribution in [0.15, 0.2) is 60.7 Å². The summed E-state index contributed by atoms with van der Waals surface area (Å²) in [5.41, 5.74) is 0.595. The van der Waals surface area contributed by atoms with Crippen LogP contribution in [0.4, 0.5) is 30.7 Å². The van der Waals surface area contributed by atoms with E-state index in [0.717, 1.165) is 31.2 Å². The molecular weight excluding hydrogens is 445 g/mol. The topological polar surface area (TPSA) is 0 Å². The lowest BCUT2D eigenvalue weighted by molar-refractivity contribution is -0.0798. The van der Waals surface area contributed by atoms with Crippen molar-refractivity contribution in [2.45, 2.75) is 38.8 Å². The summed E-state index contributed by atoms with van der Waals surface area (Å²) in [5.74, 6) is -6.01. The molecule has 0 bridgehead atoms. The standard InChI is InChI=1S/C26H21F7/c1-2-3-4-5-16-6-8-17(9-7-16)18-10-11-20(21(27)12-18)19-13-22(28)25(23(29)14-19)24(30)15-26(31,32)33/h6-15H,2-5H2,1H3/b24-15-. The quantitative estimate of drug-likeness (QED) is 0.241. The van der Waals surface area contributed by atoms with Crippen LogP contribution in [0, 0.1) is 17.5 Å². The Morgan fingerprint density at radius 1 is 0.758 bits per heavy atom. The third-order valence-corrected chi connectivity index (χ3v) is 5.21. The molecule has 0 N–H and O–H groups in total. The average Bonchev–Trinajstić information content (AvgIpc) is 2.72. The zero-order chi connectivity index (χ0) is 24.2. The Balaban J connectivity index is 1.88. The van der Waals surface area contributed by atoms with Crippen molar-refractivity contribution in [2.24, 2.45) is 0 Å². The molecule has 0 aromatic heterocycles. The first-order valence-electron chi connectivity index (χ1n) is 10.4. The smallest absolute Gasteiger partial charge is 0.206 e. The minimum atomic E-state index is -5.09. The Morgan fingerprint density at radius 3 is 1.88 bits per heavy atom. The lowest BCUT2D eigenvalue weighted by atomic mass is 9.97. The van der Waals surface area contributed by atoms with E-state index in [-0.39, 0.29) is 11.1 Å². The maximum atomic E-state index is 14.8. The number of hydrogen-bond acceptors (Lipinski definition) is 0. The summed E-state index contributed by atoms with van der Waals surface area (Å²) in [6, 6.07) is 12.9. The number of aryl methyl sites for hydroxylation is 1. The van der Waals surface area contributed by atoms with E-state index in [1.807, 2.05) is 24.3 Å². The highest BCUT2D eigenvalue weighted by atomic mass is 19.4. The van der Waals surface area contributed by atoms with Crippen molar-refractivity contribution in [2.75, 3.05) is 0 Å². The Labute approximate surface area is 187 Å². The number of rotatable bonds is 7. The monoisotopic (exact) mass is 466 g/mol. The van der Waals surface area contributed by atoms with Crippen molar-refractivity contribution in [3.8, 4) is 22.3 Å². The van der Waals surface area contributed by atoms with Gasteiger partial charge in [0.15, 0.2) is 0 Å². The summed E-state index contributed by atoms with van der Waals surface area (Å²) in [5, 5.41) is 0. The Hall–Kier alpha value is -3.09. The van der Waals surface area contributed by atoms with Gasteiger partial charge in [0.1, 0.15) is 23.3 Å². The van der Waals surface area contributed by atoms with E-state index in [9.17, 15) is 30.7 Å². The second kappa shape index (κ2) is 10.2. The maximum Gasteiger partial charge on any atom is 0.412 e. The zero-order valence-corrected chi connectivity index (χ0v) is 17.7. The van der Waals surface area contributed by atoms with Crippen molar-refractivity contribution in [3.05, 3.63) is 89.3 Å². The molecule has 3 rings (SSSR count). The molecule has 0 saturated carbocycles. The fourth-order valence-corrected chi connectivity index (χ4v) is 3.54. The van der Waals surface area contributed by atoms with E-state index in [0.29, 0.717) is 17.7 Å². The minimum Gasteiger partial charge on any atom is -0.206 e. The van der Waals surface area contributed by atoms with Gasteiger partial charge < -0.3 is 0 Å². The van der Waals surface area contributed by atoms with Crippen LogP contribution in [-0.4, -0.2) is 6.18 Å². The fraction of sp³-hybridized carbons (Fsp3) is 0.231. The van der Waals surface area contributed by atoms with Crippen molar-refractivity contribution in [1.29, 1.82) is 0 Å². The predicted octanol–water partition coefficient (Wildman–Crippen LogP) is 9.04. The molecule has 3 aromatic rings. The molecule has 0 atom stereocenters. The van der Waals surface area contributed by atoms with Crippen LogP contribution in [0.1, 0.15) is 37.3 Å². The molecular formula is C26H21F7. The van der Waals surface area contributed by atoms with E-state index in [2.05, 4.69) is 6.92 Å². The van der Waals surface area contributed by atoms with Crippen LogP contribution in [0.2, 0.25) is 0 Å².